The number of sulfonamides is 1. The van der Waals surface area contributed by atoms with Gasteiger partial charge in [-0.2, -0.15) is 0 Å². The Bertz CT molecular complexity index is 788. The average molecular weight is 338 g/mol. The van der Waals surface area contributed by atoms with Gasteiger partial charge in [-0.15, -0.1) is 0 Å². The summed E-state index contributed by atoms with van der Waals surface area (Å²) >= 11 is 5.63. The largest absolute Gasteiger partial charge is 0.506 e. The Hall–Kier alpha value is -1.93. The first-order chi connectivity index (χ1) is 9.70. The van der Waals surface area contributed by atoms with Crippen molar-refractivity contribution in [2.75, 3.05) is 4.72 Å². The summed E-state index contributed by atoms with van der Waals surface area (Å²) in [5.41, 5.74) is -0.370. The standard InChI is InChI=1S/C12H7ClF3NO3S/c13-6-1-2-11(18)10(3-6)17-21(19,20)12-8(15)4-7(14)5-9(12)16/h1-5,17-18H. The summed E-state index contributed by atoms with van der Waals surface area (Å²) in [6.45, 7) is 0. The fourth-order valence-electron chi connectivity index (χ4n) is 1.57. The molecule has 0 unspecified atom stereocenters. The van der Waals surface area contributed by atoms with Crippen LogP contribution < -0.4 is 4.72 Å². The summed E-state index contributed by atoms with van der Waals surface area (Å²) in [5.74, 6) is -4.94. The number of rotatable bonds is 3. The monoisotopic (exact) mass is 337 g/mol. The predicted molar refractivity (Wildman–Crippen MR) is 70.2 cm³/mol. The molecule has 0 amide bonds. The van der Waals surface area contributed by atoms with E-state index in [0.29, 0.717) is 0 Å². The van der Waals surface area contributed by atoms with Crippen molar-refractivity contribution in [2.45, 2.75) is 4.90 Å². The minimum atomic E-state index is -4.72. The molecule has 0 atom stereocenters. The smallest absolute Gasteiger partial charge is 0.267 e. The van der Waals surface area contributed by atoms with Crippen LogP contribution in [0.25, 0.3) is 0 Å². The van der Waals surface area contributed by atoms with Gasteiger partial charge in [0.15, 0.2) is 4.90 Å². The van der Waals surface area contributed by atoms with E-state index in [-0.39, 0.29) is 22.8 Å². The number of nitrogens with one attached hydrogen (secondary N) is 1. The number of phenolic OH excluding ortho intramolecular Hbond substituents is 1. The molecule has 2 rings (SSSR count). The molecule has 4 nitrogen and oxygen atoms in total. The number of phenols is 1. The van der Waals surface area contributed by atoms with Gasteiger partial charge >= 0.3 is 0 Å². The van der Waals surface area contributed by atoms with Crippen molar-refractivity contribution in [1.82, 2.24) is 0 Å². The minimum Gasteiger partial charge on any atom is -0.506 e. The highest BCUT2D eigenvalue weighted by Crippen LogP contribution is 2.30. The Balaban J connectivity index is 2.51. The third-order valence-corrected chi connectivity index (χ3v) is 4.09. The van der Waals surface area contributed by atoms with Gasteiger partial charge < -0.3 is 5.11 Å². The fraction of sp³-hybridized carbons (Fsp3) is 0. The summed E-state index contributed by atoms with van der Waals surface area (Å²) < 4.78 is 65.5. The molecule has 0 fully saturated rings. The Morgan fingerprint density at radius 3 is 2.19 bits per heavy atom. The van der Waals surface area contributed by atoms with Gasteiger partial charge in [0, 0.05) is 17.2 Å². The zero-order valence-corrected chi connectivity index (χ0v) is 11.6. The van der Waals surface area contributed by atoms with Gasteiger partial charge in [0.05, 0.1) is 5.69 Å². The van der Waals surface area contributed by atoms with Crippen molar-refractivity contribution in [2.24, 2.45) is 0 Å². The van der Waals surface area contributed by atoms with Crippen LogP contribution in [0.5, 0.6) is 5.75 Å². The Morgan fingerprint density at radius 1 is 1.05 bits per heavy atom. The summed E-state index contributed by atoms with van der Waals surface area (Å²) in [6, 6.07) is 3.89. The predicted octanol–water partition coefficient (Wildman–Crippen LogP) is 3.26. The molecule has 0 bridgehead atoms. The number of aromatic hydroxyl groups is 1. The SMILES string of the molecule is O=S(=O)(Nc1cc(Cl)ccc1O)c1c(F)cc(F)cc1F. The number of hydrogen-bond acceptors (Lipinski definition) is 3. The second-order valence-corrected chi connectivity index (χ2v) is 6.02. The lowest BCUT2D eigenvalue weighted by Gasteiger charge is -2.11. The van der Waals surface area contributed by atoms with Crippen LogP contribution in [0.3, 0.4) is 0 Å². The van der Waals surface area contributed by atoms with Gasteiger partial charge in [0.1, 0.15) is 23.2 Å². The zero-order chi connectivity index (χ0) is 15.8. The maximum atomic E-state index is 13.5. The molecule has 0 aliphatic heterocycles. The van der Waals surface area contributed by atoms with E-state index in [1.807, 2.05) is 0 Å². The summed E-state index contributed by atoms with van der Waals surface area (Å²) in [7, 11) is -4.72. The van der Waals surface area contributed by atoms with E-state index in [4.69, 9.17) is 11.6 Å². The van der Waals surface area contributed by atoms with Gasteiger partial charge in [0.2, 0.25) is 0 Å². The van der Waals surface area contributed by atoms with Crippen molar-refractivity contribution < 1.29 is 26.7 Å². The van der Waals surface area contributed by atoms with E-state index in [0.717, 1.165) is 12.1 Å². The first-order valence-corrected chi connectivity index (χ1v) is 7.22. The molecule has 2 aromatic carbocycles. The highest BCUT2D eigenvalue weighted by Gasteiger charge is 2.26. The van der Waals surface area contributed by atoms with Crippen LogP contribution in [0.1, 0.15) is 0 Å². The van der Waals surface area contributed by atoms with Crippen LogP contribution >= 0.6 is 11.6 Å². The normalized spacial score (nSPS) is 11.4. The average Bonchev–Trinajstić information content (AvgIpc) is 2.31. The molecule has 0 saturated carbocycles. The molecule has 0 heterocycles. The Labute approximate surface area is 122 Å². The summed E-state index contributed by atoms with van der Waals surface area (Å²) in [6.07, 6.45) is 0. The van der Waals surface area contributed by atoms with Crippen molar-refractivity contribution in [3.05, 3.63) is 52.8 Å². The minimum absolute atomic E-state index is 0.0885. The third kappa shape index (κ3) is 3.22. The first kappa shape index (κ1) is 15.5. The van der Waals surface area contributed by atoms with Crippen molar-refractivity contribution in [1.29, 1.82) is 0 Å². The second-order valence-electron chi connectivity index (χ2n) is 3.97. The molecular weight excluding hydrogens is 331 g/mol. The van der Waals surface area contributed by atoms with Gasteiger partial charge in [0.25, 0.3) is 10.0 Å². The molecule has 112 valence electrons. The van der Waals surface area contributed by atoms with E-state index in [2.05, 4.69) is 0 Å². The molecule has 9 heteroatoms. The molecule has 2 N–H and O–H groups in total. The molecule has 2 aromatic rings. The number of anilines is 1. The van der Waals surface area contributed by atoms with E-state index < -0.39 is 38.1 Å². The summed E-state index contributed by atoms with van der Waals surface area (Å²) in [5, 5.41) is 9.58. The molecule has 21 heavy (non-hydrogen) atoms. The summed E-state index contributed by atoms with van der Waals surface area (Å²) in [4.78, 5) is -1.36. The molecule has 0 saturated heterocycles. The zero-order valence-electron chi connectivity index (χ0n) is 10.1. The lowest BCUT2D eigenvalue weighted by molar-refractivity contribution is 0.477. The lowest BCUT2D eigenvalue weighted by atomic mass is 10.3. The molecule has 0 aliphatic rings. The fourth-order valence-corrected chi connectivity index (χ4v) is 2.93. The van der Waals surface area contributed by atoms with Gasteiger partial charge in [-0.25, -0.2) is 21.6 Å². The van der Waals surface area contributed by atoms with Crippen LogP contribution in [0.2, 0.25) is 5.02 Å². The lowest BCUT2D eigenvalue weighted by Crippen LogP contribution is -2.17. The van der Waals surface area contributed by atoms with Crippen molar-refractivity contribution >= 4 is 27.3 Å². The first-order valence-electron chi connectivity index (χ1n) is 5.36. The van der Waals surface area contributed by atoms with Crippen molar-refractivity contribution in [3.63, 3.8) is 0 Å². The molecule has 0 aromatic heterocycles. The van der Waals surface area contributed by atoms with E-state index in [1.165, 1.54) is 6.07 Å². The molecule has 0 radical (unpaired) electrons. The van der Waals surface area contributed by atoms with E-state index in [9.17, 15) is 26.7 Å². The maximum absolute atomic E-state index is 13.5. The highest BCUT2D eigenvalue weighted by atomic mass is 35.5. The highest BCUT2D eigenvalue weighted by molar-refractivity contribution is 7.92. The molecule has 0 spiro atoms. The number of hydrogen-bond donors (Lipinski definition) is 2. The van der Waals surface area contributed by atoms with Crippen molar-refractivity contribution in [3.8, 4) is 5.75 Å². The van der Waals surface area contributed by atoms with Crippen LogP contribution in [-0.2, 0) is 10.0 Å². The van der Waals surface area contributed by atoms with Crippen LogP contribution in [0.15, 0.2) is 35.2 Å². The second kappa shape index (κ2) is 5.45. The topological polar surface area (TPSA) is 66.4 Å². The third-order valence-electron chi connectivity index (χ3n) is 2.43. The van der Waals surface area contributed by atoms with E-state index in [1.54, 1.807) is 4.72 Å². The number of halogens is 4. The number of benzene rings is 2. The van der Waals surface area contributed by atoms with Gasteiger partial charge in [-0.3, -0.25) is 4.72 Å². The van der Waals surface area contributed by atoms with Gasteiger partial charge in [-0.1, -0.05) is 11.6 Å². The van der Waals surface area contributed by atoms with Crippen LogP contribution in [0.4, 0.5) is 18.9 Å². The van der Waals surface area contributed by atoms with Gasteiger partial charge in [-0.05, 0) is 18.2 Å². The van der Waals surface area contributed by atoms with E-state index >= 15 is 0 Å². The van der Waals surface area contributed by atoms with Crippen LogP contribution in [-0.4, -0.2) is 13.5 Å². The molecule has 0 aliphatic carbocycles. The quantitative estimate of drug-likeness (QED) is 0.845. The Morgan fingerprint density at radius 2 is 1.62 bits per heavy atom. The molecular formula is C12H7ClF3NO3S. The Kier molecular flexibility index (Phi) is 4.02. The maximum Gasteiger partial charge on any atom is 0.267 e. The van der Waals surface area contributed by atoms with Crippen LogP contribution in [0, 0.1) is 17.5 Å².